The molecule has 148 valence electrons. The summed E-state index contributed by atoms with van der Waals surface area (Å²) in [7, 11) is -3.86. The molecule has 0 fully saturated rings. The molecule has 2 aromatic rings. The highest BCUT2D eigenvalue weighted by molar-refractivity contribution is 7.92. The molecule has 0 saturated heterocycles. The molecule has 1 unspecified atom stereocenters. The van der Waals surface area contributed by atoms with Crippen molar-refractivity contribution in [2.45, 2.75) is 37.1 Å². The van der Waals surface area contributed by atoms with Crippen molar-refractivity contribution in [2.24, 2.45) is 5.73 Å². The van der Waals surface area contributed by atoms with Gasteiger partial charge in [-0.2, -0.15) is 0 Å². The molecule has 0 radical (unpaired) electrons. The fourth-order valence-corrected chi connectivity index (χ4v) is 3.76. The van der Waals surface area contributed by atoms with E-state index in [0.717, 1.165) is 6.42 Å². The first-order chi connectivity index (χ1) is 12.2. The first-order valence-electron chi connectivity index (χ1n) is 8.13. The first-order valence-corrected chi connectivity index (χ1v) is 9.99. The van der Waals surface area contributed by atoms with Crippen molar-refractivity contribution >= 4 is 51.3 Å². The summed E-state index contributed by atoms with van der Waals surface area (Å²) in [5.41, 5.74) is 5.61. The van der Waals surface area contributed by atoms with Crippen molar-refractivity contribution in [2.75, 3.05) is 10.0 Å². The van der Waals surface area contributed by atoms with Crippen molar-refractivity contribution in [1.29, 1.82) is 0 Å². The standard InChI is InChI=1S/C18H22ClN3O3S.ClH/c1-3-11-18(2,20)17(23)21-13-7-6-8-14(12-13)26(24,25)22-16-10-5-4-9-15(16)19;/h4-10,12,22H,3,11,20H2,1-2H3,(H,21,23);1H. The van der Waals surface area contributed by atoms with Crippen molar-refractivity contribution in [3.05, 3.63) is 53.6 Å². The molecule has 0 heterocycles. The van der Waals surface area contributed by atoms with Crippen molar-refractivity contribution < 1.29 is 13.2 Å². The molecule has 9 heteroatoms. The normalized spacial score (nSPS) is 13.2. The van der Waals surface area contributed by atoms with Gasteiger partial charge in [-0.15, -0.1) is 12.4 Å². The number of carbonyl (C=O) groups is 1. The lowest BCUT2D eigenvalue weighted by Crippen LogP contribution is -2.48. The Kier molecular flexibility index (Phi) is 8.10. The van der Waals surface area contributed by atoms with Gasteiger partial charge in [0.15, 0.2) is 0 Å². The summed E-state index contributed by atoms with van der Waals surface area (Å²) >= 11 is 6.00. The number of hydrogen-bond donors (Lipinski definition) is 3. The fourth-order valence-electron chi connectivity index (χ4n) is 2.40. The molecular formula is C18H23Cl2N3O3S. The van der Waals surface area contributed by atoms with E-state index in [-0.39, 0.29) is 28.9 Å². The molecular weight excluding hydrogens is 409 g/mol. The molecule has 0 aromatic heterocycles. The second-order valence-electron chi connectivity index (χ2n) is 6.23. The highest BCUT2D eigenvalue weighted by atomic mass is 35.5. The lowest BCUT2D eigenvalue weighted by atomic mass is 9.96. The zero-order chi connectivity index (χ0) is 19.4. The number of amides is 1. The predicted molar refractivity (Wildman–Crippen MR) is 112 cm³/mol. The number of sulfonamides is 1. The third-order valence-electron chi connectivity index (χ3n) is 3.81. The summed E-state index contributed by atoms with van der Waals surface area (Å²) in [5, 5.41) is 2.96. The van der Waals surface area contributed by atoms with Crippen LogP contribution in [0.3, 0.4) is 0 Å². The van der Waals surface area contributed by atoms with E-state index >= 15 is 0 Å². The van der Waals surface area contributed by atoms with E-state index in [4.69, 9.17) is 17.3 Å². The zero-order valence-electron chi connectivity index (χ0n) is 15.0. The maximum absolute atomic E-state index is 12.6. The number of nitrogens with one attached hydrogen (secondary N) is 2. The average molecular weight is 432 g/mol. The van der Waals surface area contributed by atoms with Gasteiger partial charge in [0.05, 0.1) is 21.1 Å². The minimum absolute atomic E-state index is 0. The third-order valence-corrected chi connectivity index (χ3v) is 5.50. The van der Waals surface area contributed by atoms with Crippen LogP contribution in [0.4, 0.5) is 11.4 Å². The summed E-state index contributed by atoms with van der Waals surface area (Å²) in [4.78, 5) is 12.3. The summed E-state index contributed by atoms with van der Waals surface area (Å²) < 4.78 is 27.6. The quantitative estimate of drug-likeness (QED) is 0.615. The summed E-state index contributed by atoms with van der Waals surface area (Å²) in [6.45, 7) is 3.58. The van der Waals surface area contributed by atoms with Crippen LogP contribution in [0.25, 0.3) is 0 Å². The van der Waals surface area contributed by atoms with Gasteiger partial charge < -0.3 is 11.1 Å². The number of nitrogens with two attached hydrogens (primary N) is 1. The van der Waals surface area contributed by atoms with Gasteiger partial charge >= 0.3 is 0 Å². The largest absolute Gasteiger partial charge is 0.324 e. The molecule has 2 rings (SSSR count). The number of hydrogen-bond acceptors (Lipinski definition) is 4. The lowest BCUT2D eigenvalue weighted by molar-refractivity contribution is -0.120. The molecule has 1 amide bonds. The molecule has 1 atom stereocenters. The first kappa shape index (κ1) is 23.2. The molecule has 4 N–H and O–H groups in total. The zero-order valence-corrected chi connectivity index (χ0v) is 17.4. The topological polar surface area (TPSA) is 101 Å². The van der Waals surface area contributed by atoms with Gasteiger partial charge in [-0.25, -0.2) is 8.42 Å². The Morgan fingerprint density at radius 3 is 2.48 bits per heavy atom. The molecule has 0 aliphatic carbocycles. The van der Waals surface area contributed by atoms with Crippen LogP contribution in [-0.2, 0) is 14.8 Å². The van der Waals surface area contributed by atoms with E-state index < -0.39 is 15.6 Å². The maximum atomic E-state index is 12.6. The number of carbonyl (C=O) groups excluding carboxylic acids is 1. The fraction of sp³-hybridized carbons (Fsp3) is 0.278. The molecule has 6 nitrogen and oxygen atoms in total. The predicted octanol–water partition coefficient (Wildman–Crippen LogP) is 4.02. The van der Waals surface area contributed by atoms with Crippen LogP contribution in [0.1, 0.15) is 26.7 Å². The van der Waals surface area contributed by atoms with Crippen LogP contribution in [-0.4, -0.2) is 19.9 Å². The van der Waals surface area contributed by atoms with Crippen molar-refractivity contribution in [1.82, 2.24) is 0 Å². The van der Waals surface area contributed by atoms with E-state index in [1.54, 1.807) is 43.3 Å². The van der Waals surface area contributed by atoms with Gasteiger partial charge in [-0.3, -0.25) is 9.52 Å². The second kappa shape index (κ2) is 9.41. The van der Waals surface area contributed by atoms with E-state index in [9.17, 15) is 13.2 Å². The smallest absolute Gasteiger partial charge is 0.262 e. The number of halogens is 2. The lowest BCUT2D eigenvalue weighted by Gasteiger charge is -2.23. The van der Waals surface area contributed by atoms with Crippen LogP contribution < -0.4 is 15.8 Å². The monoisotopic (exact) mass is 431 g/mol. The Balaban J connectivity index is 0.00000364. The molecule has 2 aromatic carbocycles. The molecule has 0 aliphatic rings. The van der Waals surface area contributed by atoms with Gasteiger partial charge in [-0.05, 0) is 43.7 Å². The summed E-state index contributed by atoms with van der Waals surface area (Å²) in [6.07, 6.45) is 1.28. The van der Waals surface area contributed by atoms with E-state index in [1.807, 2.05) is 6.92 Å². The Labute approximate surface area is 170 Å². The van der Waals surface area contributed by atoms with Crippen LogP contribution >= 0.6 is 24.0 Å². The van der Waals surface area contributed by atoms with Gasteiger partial charge in [0.1, 0.15) is 0 Å². The van der Waals surface area contributed by atoms with Crippen molar-refractivity contribution in [3.8, 4) is 0 Å². The molecule has 0 spiro atoms. The van der Waals surface area contributed by atoms with Crippen LogP contribution in [0.15, 0.2) is 53.4 Å². The van der Waals surface area contributed by atoms with Crippen LogP contribution in [0.2, 0.25) is 5.02 Å². The highest BCUT2D eigenvalue weighted by Gasteiger charge is 2.27. The van der Waals surface area contributed by atoms with Gasteiger partial charge in [-0.1, -0.05) is 43.1 Å². The van der Waals surface area contributed by atoms with Crippen LogP contribution in [0.5, 0.6) is 0 Å². The molecule has 0 saturated carbocycles. The highest BCUT2D eigenvalue weighted by Crippen LogP contribution is 2.25. The second-order valence-corrected chi connectivity index (χ2v) is 8.32. The van der Waals surface area contributed by atoms with Gasteiger partial charge in [0.25, 0.3) is 10.0 Å². The Hall–Kier alpha value is -1.80. The van der Waals surface area contributed by atoms with Crippen LogP contribution in [0, 0.1) is 0 Å². The SMILES string of the molecule is CCCC(C)(N)C(=O)Nc1cccc(S(=O)(=O)Nc2ccccc2Cl)c1.Cl. The molecule has 0 aliphatic heterocycles. The van der Waals surface area contributed by atoms with E-state index in [1.165, 1.54) is 12.1 Å². The minimum atomic E-state index is -3.86. The number of benzene rings is 2. The average Bonchev–Trinajstić information content (AvgIpc) is 2.57. The number of para-hydroxylation sites is 1. The van der Waals surface area contributed by atoms with E-state index in [0.29, 0.717) is 17.1 Å². The molecule has 0 bridgehead atoms. The maximum Gasteiger partial charge on any atom is 0.262 e. The Morgan fingerprint density at radius 2 is 1.85 bits per heavy atom. The summed E-state index contributed by atoms with van der Waals surface area (Å²) in [5.74, 6) is -0.368. The Bertz CT molecular complexity index is 902. The van der Waals surface area contributed by atoms with Gasteiger partial charge in [0.2, 0.25) is 5.91 Å². The Morgan fingerprint density at radius 1 is 1.19 bits per heavy atom. The van der Waals surface area contributed by atoms with E-state index in [2.05, 4.69) is 10.0 Å². The van der Waals surface area contributed by atoms with Gasteiger partial charge in [0, 0.05) is 5.69 Å². The number of rotatable bonds is 7. The van der Waals surface area contributed by atoms with Crippen molar-refractivity contribution in [3.63, 3.8) is 0 Å². The third kappa shape index (κ3) is 6.10. The number of anilines is 2. The molecule has 27 heavy (non-hydrogen) atoms. The minimum Gasteiger partial charge on any atom is -0.324 e. The summed E-state index contributed by atoms with van der Waals surface area (Å²) in [6, 6.07) is 12.5.